The average Bonchev–Trinajstić information content (AvgIpc) is 2.75. The summed E-state index contributed by atoms with van der Waals surface area (Å²) in [6, 6.07) is -0.223. The summed E-state index contributed by atoms with van der Waals surface area (Å²) in [5.74, 6) is -0.0863. The normalized spacial score (nSPS) is 22.5. The number of hydrogen-bond acceptors (Lipinski definition) is 6. The molecular weight excluding hydrogens is 308 g/mol. The molecule has 7 nitrogen and oxygen atoms in total. The van der Waals surface area contributed by atoms with E-state index in [9.17, 15) is 13.2 Å². The number of ether oxygens (including phenoxy) is 1. The van der Waals surface area contributed by atoms with Crippen molar-refractivity contribution in [2.24, 2.45) is 5.92 Å². The highest BCUT2D eigenvalue weighted by Crippen LogP contribution is 2.28. The van der Waals surface area contributed by atoms with Crippen LogP contribution < -0.4 is 10.0 Å². The number of sulfonamides is 1. The van der Waals surface area contributed by atoms with Gasteiger partial charge in [-0.1, -0.05) is 6.92 Å². The molecule has 1 aliphatic heterocycles. The van der Waals surface area contributed by atoms with Gasteiger partial charge in [-0.05, 0) is 32.7 Å². The minimum atomic E-state index is -3.87. The number of piperidine rings is 1. The van der Waals surface area contributed by atoms with Gasteiger partial charge in [-0.3, -0.25) is 0 Å². The summed E-state index contributed by atoms with van der Waals surface area (Å²) in [6.45, 7) is 6.50. The van der Waals surface area contributed by atoms with Crippen LogP contribution in [0.25, 0.3) is 0 Å². The highest BCUT2D eigenvalue weighted by atomic mass is 32.2. The second-order valence-corrected chi connectivity index (χ2v) is 7.26. The minimum Gasteiger partial charge on any atom is -0.465 e. The molecule has 0 spiro atoms. The molecule has 22 heavy (non-hydrogen) atoms. The maximum absolute atomic E-state index is 12.7. The molecule has 0 aromatic carbocycles. The van der Waals surface area contributed by atoms with Crippen LogP contribution in [0.15, 0.2) is 9.31 Å². The molecule has 2 atom stereocenters. The van der Waals surface area contributed by atoms with Crippen molar-refractivity contribution in [2.45, 2.75) is 38.1 Å². The first-order valence-corrected chi connectivity index (χ1v) is 8.67. The molecule has 124 valence electrons. The van der Waals surface area contributed by atoms with Crippen LogP contribution in [0.2, 0.25) is 0 Å². The topological polar surface area (TPSA) is 97.6 Å². The largest absolute Gasteiger partial charge is 0.465 e. The summed E-state index contributed by atoms with van der Waals surface area (Å²) in [5.41, 5.74) is -0.0380. The minimum absolute atomic E-state index is 0.0380. The smallest absolute Gasteiger partial charge is 0.342 e. The molecule has 1 saturated heterocycles. The van der Waals surface area contributed by atoms with Crippen LogP contribution in [-0.4, -0.2) is 40.6 Å². The lowest BCUT2D eigenvalue weighted by Gasteiger charge is -2.29. The molecule has 0 saturated carbocycles. The highest BCUT2D eigenvalue weighted by Gasteiger charge is 2.34. The van der Waals surface area contributed by atoms with Crippen LogP contribution in [0, 0.1) is 19.8 Å². The van der Waals surface area contributed by atoms with Crippen molar-refractivity contribution in [3.8, 4) is 0 Å². The Morgan fingerprint density at radius 3 is 2.64 bits per heavy atom. The van der Waals surface area contributed by atoms with E-state index in [-0.39, 0.29) is 33.9 Å². The molecular formula is C14H22N2O5S. The van der Waals surface area contributed by atoms with E-state index >= 15 is 0 Å². The van der Waals surface area contributed by atoms with Crippen LogP contribution >= 0.6 is 0 Å². The van der Waals surface area contributed by atoms with E-state index in [0.717, 1.165) is 13.0 Å². The zero-order valence-electron chi connectivity index (χ0n) is 13.2. The summed E-state index contributed by atoms with van der Waals surface area (Å²) < 4.78 is 38.1. The van der Waals surface area contributed by atoms with Crippen molar-refractivity contribution >= 4 is 16.0 Å². The molecule has 1 fully saturated rings. The Morgan fingerprint density at radius 2 is 2.05 bits per heavy atom. The molecule has 2 heterocycles. The summed E-state index contributed by atoms with van der Waals surface area (Å²) in [6.07, 6.45) is 0.889. The SMILES string of the molecule is COC(=O)c1c(C)oc(C)c1S(=O)(=O)NC1CNCCC1C. The van der Waals surface area contributed by atoms with Crippen molar-refractivity contribution in [3.63, 3.8) is 0 Å². The van der Waals surface area contributed by atoms with Crippen molar-refractivity contribution in [1.29, 1.82) is 0 Å². The third-order valence-electron chi connectivity index (χ3n) is 4.00. The number of carbonyl (C=O) groups is 1. The number of nitrogens with one attached hydrogen (secondary N) is 2. The van der Waals surface area contributed by atoms with Gasteiger partial charge < -0.3 is 14.5 Å². The van der Waals surface area contributed by atoms with Crippen LogP contribution in [0.4, 0.5) is 0 Å². The molecule has 0 aliphatic carbocycles. The Balaban J connectivity index is 2.39. The molecule has 0 bridgehead atoms. The maximum atomic E-state index is 12.7. The molecule has 0 amide bonds. The van der Waals surface area contributed by atoms with E-state index in [1.165, 1.54) is 14.0 Å². The molecule has 8 heteroatoms. The van der Waals surface area contributed by atoms with Gasteiger partial charge in [0.25, 0.3) is 0 Å². The molecule has 2 rings (SSSR count). The number of methoxy groups -OCH3 is 1. The van der Waals surface area contributed by atoms with Gasteiger partial charge in [0.1, 0.15) is 22.0 Å². The number of aryl methyl sites for hydroxylation is 2. The number of esters is 1. The summed E-state index contributed by atoms with van der Waals surface area (Å²) in [5, 5.41) is 3.17. The summed E-state index contributed by atoms with van der Waals surface area (Å²) >= 11 is 0. The Labute approximate surface area is 130 Å². The average molecular weight is 330 g/mol. The van der Waals surface area contributed by atoms with Crippen LogP contribution in [-0.2, 0) is 14.8 Å². The first-order chi connectivity index (χ1) is 10.3. The Hall–Kier alpha value is -1.38. The molecule has 2 N–H and O–H groups in total. The molecule has 2 unspecified atom stereocenters. The van der Waals surface area contributed by atoms with Gasteiger partial charge in [-0.15, -0.1) is 0 Å². The number of hydrogen-bond donors (Lipinski definition) is 2. The van der Waals surface area contributed by atoms with Gasteiger partial charge >= 0.3 is 5.97 Å². The van der Waals surface area contributed by atoms with Crippen molar-refractivity contribution in [3.05, 3.63) is 17.1 Å². The second kappa shape index (κ2) is 6.39. The monoisotopic (exact) mass is 330 g/mol. The third kappa shape index (κ3) is 3.18. The second-order valence-electron chi connectivity index (χ2n) is 5.61. The Kier molecular flexibility index (Phi) is 4.93. The lowest BCUT2D eigenvalue weighted by Crippen LogP contribution is -2.50. The van der Waals surface area contributed by atoms with Crippen LogP contribution in [0.5, 0.6) is 0 Å². The molecule has 1 aromatic heterocycles. The van der Waals surface area contributed by atoms with Gasteiger partial charge in [0.15, 0.2) is 0 Å². The van der Waals surface area contributed by atoms with Crippen molar-refractivity contribution in [1.82, 2.24) is 10.0 Å². The van der Waals surface area contributed by atoms with E-state index in [1.54, 1.807) is 6.92 Å². The van der Waals surface area contributed by atoms with Gasteiger partial charge in [0.05, 0.1) is 7.11 Å². The number of rotatable bonds is 4. The maximum Gasteiger partial charge on any atom is 0.342 e. The highest BCUT2D eigenvalue weighted by molar-refractivity contribution is 7.89. The van der Waals surface area contributed by atoms with Gasteiger partial charge in [0.2, 0.25) is 10.0 Å². The molecule has 0 radical (unpaired) electrons. The number of carbonyl (C=O) groups excluding carboxylic acids is 1. The van der Waals surface area contributed by atoms with E-state index in [1.807, 2.05) is 6.92 Å². The fourth-order valence-corrected chi connectivity index (χ4v) is 4.48. The predicted octanol–water partition coefficient (Wildman–Crippen LogP) is 0.959. The Morgan fingerprint density at radius 1 is 1.36 bits per heavy atom. The van der Waals surface area contributed by atoms with Gasteiger partial charge in [-0.2, -0.15) is 0 Å². The lowest BCUT2D eigenvalue weighted by atomic mass is 9.96. The van der Waals surface area contributed by atoms with Crippen molar-refractivity contribution < 1.29 is 22.4 Å². The van der Waals surface area contributed by atoms with Crippen molar-refractivity contribution in [2.75, 3.05) is 20.2 Å². The fraction of sp³-hybridized carbons (Fsp3) is 0.643. The predicted molar refractivity (Wildman–Crippen MR) is 80.3 cm³/mol. The first-order valence-electron chi connectivity index (χ1n) is 7.19. The summed E-state index contributed by atoms with van der Waals surface area (Å²) in [7, 11) is -2.66. The lowest BCUT2D eigenvalue weighted by molar-refractivity contribution is 0.0595. The van der Waals surface area contributed by atoms with E-state index in [2.05, 4.69) is 14.8 Å². The van der Waals surface area contributed by atoms with E-state index in [4.69, 9.17) is 4.42 Å². The van der Waals surface area contributed by atoms with Gasteiger partial charge in [-0.25, -0.2) is 17.9 Å². The van der Waals surface area contributed by atoms with Crippen LogP contribution in [0.3, 0.4) is 0 Å². The Bertz CT molecular complexity index is 665. The first kappa shape index (κ1) is 17.0. The molecule has 1 aliphatic rings. The summed E-state index contributed by atoms with van der Waals surface area (Å²) in [4.78, 5) is 11.8. The quantitative estimate of drug-likeness (QED) is 0.798. The fourth-order valence-electron chi connectivity index (χ4n) is 2.73. The van der Waals surface area contributed by atoms with E-state index < -0.39 is 16.0 Å². The third-order valence-corrected chi connectivity index (χ3v) is 5.64. The zero-order valence-corrected chi connectivity index (χ0v) is 14.0. The van der Waals surface area contributed by atoms with Crippen LogP contribution in [0.1, 0.15) is 35.2 Å². The van der Waals surface area contributed by atoms with Gasteiger partial charge in [0, 0.05) is 12.6 Å². The number of furan rings is 1. The molecule has 1 aromatic rings. The van der Waals surface area contributed by atoms with E-state index in [0.29, 0.717) is 6.54 Å². The standard InChI is InChI=1S/C14H22N2O5S/c1-8-5-6-15-7-11(8)16-22(18,19)13-10(3)21-9(2)12(13)14(17)20-4/h8,11,15-16H,5-7H2,1-4H3. The zero-order chi connectivity index (χ0) is 16.5.